The van der Waals surface area contributed by atoms with E-state index in [4.69, 9.17) is 16.3 Å². The van der Waals surface area contributed by atoms with Gasteiger partial charge in [-0.2, -0.15) is 4.72 Å². The second-order valence-corrected chi connectivity index (χ2v) is 7.52. The van der Waals surface area contributed by atoms with Gasteiger partial charge >= 0.3 is 0 Å². The van der Waals surface area contributed by atoms with Gasteiger partial charge in [0.15, 0.2) is 0 Å². The summed E-state index contributed by atoms with van der Waals surface area (Å²) in [5, 5.41) is 0.216. The maximum atomic E-state index is 12.4. The van der Waals surface area contributed by atoms with E-state index < -0.39 is 16.1 Å². The molecule has 1 aliphatic heterocycles. The number of carbonyl (C=O) groups is 1. The number of halogens is 1. The van der Waals surface area contributed by atoms with Gasteiger partial charge in [0.05, 0.1) is 22.6 Å². The van der Waals surface area contributed by atoms with E-state index in [0.717, 1.165) is 12.8 Å². The molecular formula is C15H21ClN2O4S. The third kappa shape index (κ3) is 4.37. The number of sulfonamides is 1. The van der Waals surface area contributed by atoms with Crippen LogP contribution in [0.4, 0.5) is 0 Å². The second-order valence-electron chi connectivity index (χ2n) is 5.40. The molecule has 0 spiro atoms. The fraction of sp³-hybridized carbons (Fsp3) is 0.533. The molecule has 1 aromatic carbocycles. The number of hydrogen-bond acceptors (Lipinski definition) is 4. The van der Waals surface area contributed by atoms with E-state index in [1.807, 2.05) is 6.92 Å². The van der Waals surface area contributed by atoms with E-state index in [0.29, 0.717) is 25.4 Å². The maximum absolute atomic E-state index is 12.4. The van der Waals surface area contributed by atoms with Gasteiger partial charge in [-0.25, -0.2) is 8.42 Å². The predicted molar refractivity (Wildman–Crippen MR) is 88.2 cm³/mol. The molecule has 1 unspecified atom stereocenters. The molecule has 128 valence electrons. The van der Waals surface area contributed by atoms with Crippen LogP contribution in [0.15, 0.2) is 23.1 Å². The molecule has 0 bridgehead atoms. The van der Waals surface area contributed by atoms with Crippen molar-refractivity contribution in [3.05, 3.63) is 23.2 Å². The van der Waals surface area contributed by atoms with E-state index in [-0.39, 0.29) is 15.8 Å². The molecule has 6 nitrogen and oxygen atoms in total. The van der Waals surface area contributed by atoms with Gasteiger partial charge in [-0.05, 0) is 44.9 Å². The highest BCUT2D eigenvalue weighted by Gasteiger charge is 2.27. The molecule has 0 aromatic heterocycles. The lowest BCUT2D eigenvalue weighted by Crippen LogP contribution is -2.45. The first-order valence-corrected chi connectivity index (χ1v) is 9.44. The molecule has 1 aromatic rings. The first kappa shape index (κ1) is 18.0. The van der Waals surface area contributed by atoms with Crippen molar-refractivity contribution in [2.24, 2.45) is 0 Å². The highest BCUT2D eigenvalue weighted by molar-refractivity contribution is 7.89. The maximum Gasteiger partial charge on any atom is 0.241 e. The summed E-state index contributed by atoms with van der Waals surface area (Å²) in [5.41, 5.74) is 0. The molecule has 0 radical (unpaired) electrons. The Morgan fingerprint density at radius 1 is 1.39 bits per heavy atom. The molecule has 23 heavy (non-hydrogen) atoms. The minimum Gasteiger partial charge on any atom is -0.492 e. The zero-order valence-corrected chi connectivity index (χ0v) is 14.8. The Morgan fingerprint density at radius 2 is 2.04 bits per heavy atom. The zero-order chi connectivity index (χ0) is 17.0. The Bertz CT molecular complexity index is 672. The number of ether oxygens (including phenoxy) is 1. The van der Waals surface area contributed by atoms with Gasteiger partial charge in [-0.3, -0.25) is 4.79 Å². The Labute approximate surface area is 141 Å². The summed E-state index contributed by atoms with van der Waals surface area (Å²) >= 11 is 6.02. The van der Waals surface area contributed by atoms with E-state index in [2.05, 4.69) is 4.72 Å². The van der Waals surface area contributed by atoms with E-state index in [1.54, 1.807) is 11.8 Å². The standard InChI is InChI=1S/C15H21ClN2O4S/c1-3-22-14-7-6-12(10-13(14)16)23(20,21)17-11(2)15(19)18-8-4-5-9-18/h6-7,10-11,17H,3-5,8-9H2,1-2H3. The number of amides is 1. The van der Waals surface area contributed by atoms with Crippen LogP contribution in [0.5, 0.6) is 5.75 Å². The third-order valence-corrected chi connectivity index (χ3v) is 5.47. The van der Waals surface area contributed by atoms with Crippen LogP contribution < -0.4 is 9.46 Å². The number of benzene rings is 1. The van der Waals surface area contributed by atoms with Crippen molar-refractivity contribution >= 4 is 27.5 Å². The van der Waals surface area contributed by atoms with Gasteiger partial charge in [0.25, 0.3) is 0 Å². The molecule has 1 saturated heterocycles. The third-order valence-electron chi connectivity index (χ3n) is 3.63. The van der Waals surface area contributed by atoms with Crippen molar-refractivity contribution in [3.63, 3.8) is 0 Å². The summed E-state index contributed by atoms with van der Waals surface area (Å²) in [4.78, 5) is 13.9. The summed E-state index contributed by atoms with van der Waals surface area (Å²) in [5.74, 6) is 0.220. The summed E-state index contributed by atoms with van der Waals surface area (Å²) in [6.07, 6.45) is 1.92. The minimum absolute atomic E-state index is 0.00650. The highest BCUT2D eigenvalue weighted by atomic mass is 35.5. The first-order valence-electron chi connectivity index (χ1n) is 7.58. The van der Waals surface area contributed by atoms with Crippen LogP contribution in [0.25, 0.3) is 0 Å². The lowest BCUT2D eigenvalue weighted by Gasteiger charge is -2.21. The van der Waals surface area contributed by atoms with E-state index >= 15 is 0 Å². The van der Waals surface area contributed by atoms with Crippen LogP contribution in [-0.2, 0) is 14.8 Å². The summed E-state index contributed by atoms with van der Waals surface area (Å²) in [6.45, 7) is 5.16. The Balaban J connectivity index is 2.11. The minimum atomic E-state index is -3.83. The van der Waals surface area contributed by atoms with E-state index in [1.165, 1.54) is 18.2 Å². The molecule has 0 saturated carbocycles. The van der Waals surface area contributed by atoms with Crippen LogP contribution in [0.3, 0.4) is 0 Å². The van der Waals surface area contributed by atoms with Crippen molar-refractivity contribution in [1.29, 1.82) is 0 Å². The van der Waals surface area contributed by atoms with Gasteiger partial charge in [0, 0.05) is 13.1 Å². The molecule has 1 fully saturated rings. The number of rotatable bonds is 6. The predicted octanol–water partition coefficient (Wildman–Crippen LogP) is 2.03. The Kier molecular flexibility index (Phi) is 5.89. The van der Waals surface area contributed by atoms with Crippen molar-refractivity contribution in [3.8, 4) is 5.75 Å². The van der Waals surface area contributed by atoms with Crippen molar-refractivity contribution in [2.75, 3.05) is 19.7 Å². The number of likely N-dealkylation sites (tertiary alicyclic amines) is 1. The smallest absolute Gasteiger partial charge is 0.241 e. The molecule has 0 aliphatic carbocycles. The number of nitrogens with one attached hydrogen (secondary N) is 1. The molecule has 2 rings (SSSR count). The number of nitrogens with zero attached hydrogens (tertiary/aromatic N) is 1. The fourth-order valence-electron chi connectivity index (χ4n) is 2.48. The van der Waals surface area contributed by atoms with Crippen LogP contribution >= 0.6 is 11.6 Å². The number of hydrogen-bond donors (Lipinski definition) is 1. The lowest BCUT2D eigenvalue weighted by molar-refractivity contribution is -0.131. The van der Waals surface area contributed by atoms with Gasteiger partial charge < -0.3 is 9.64 Å². The van der Waals surface area contributed by atoms with Gasteiger partial charge in [-0.1, -0.05) is 11.6 Å². The van der Waals surface area contributed by atoms with Crippen LogP contribution in [0.1, 0.15) is 26.7 Å². The molecule has 1 atom stereocenters. The highest BCUT2D eigenvalue weighted by Crippen LogP contribution is 2.27. The van der Waals surface area contributed by atoms with Crippen LogP contribution in [0.2, 0.25) is 5.02 Å². The normalized spacial score (nSPS) is 16.4. The fourth-order valence-corrected chi connectivity index (χ4v) is 4.01. The molecule has 1 heterocycles. The van der Waals surface area contributed by atoms with Crippen LogP contribution in [0, 0.1) is 0 Å². The van der Waals surface area contributed by atoms with E-state index in [9.17, 15) is 13.2 Å². The van der Waals surface area contributed by atoms with Crippen molar-refractivity contribution < 1.29 is 17.9 Å². The lowest BCUT2D eigenvalue weighted by atomic mass is 10.3. The molecule has 8 heteroatoms. The largest absolute Gasteiger partial charge is 0.492 e. The number of carbonyl (C=O) groups excluding carboxylic acids is 1. The van der Waals surface area contributed by atoms with Gasteiger partial charge in [-0.15, -0.1) is 0 Å². The van der Waals surface area contributed by atoms with Crippen molar-refractivity contribution in [1.82, 2.24) is 9.62 Å². The quantitative estimate of drug-likeness (QED) is 0.842. The second kappa shape index (κ2) is 7.51. The summed E-state index contributed by atoms with van der Waals surface area (Å²) in [6, 6.07) is 3.42. The van der Waals surface area contributed by atoms with Crippen molar-refractivity contribution in [2.45, 2.75) is 37.6 Å². The average Bonchev–Trinajstić information content (AvgIpc) is 3.02. The monoisotopic (exact) mass is 360 g/mol. The van der Waals surface area contributed by atoms with Gasteiger partial charge in [0.2, 0.25) is 15.9 Å². The molecular weight excluding hydrogens is 340 g/mol. The Morgan fingerprint density at radius 3 is 2.61 bits per heavy atom. The average molecular weight is 361 g/mol. The first-order chi connectivity index (χ1) is 10.8. The summed E-state index contributed by atoms with van der Waals surface area (Å²) in [7, 11) is -3.83. The van der Waals surface area contributed by atoms with Crippen LogP contribution in [-0.4, -0.2) is 45.0 Å². The summed E-state index contributed by atoms with van der Waals surface area (Å²) < 4.78 is 32.5. The topological polar surface area (TPSA) is 75.7 Å². The molecule has 1 N–H and O–H groups in total. The Hall–Kier alpha value is -1.31. The van der Waals surface area contributed by atoms with Gasteiger partial charge in [0.1, 0.15) is 5.75 Å². The zero-order valence-electron chi connectivity index (χ0n) is 13.2. The molecule has 1 amide bonds. The SMILES string of the molecule is CCOc1ccc(S(=O)(=O)NC(C)C(=O)N2CCCC2)cc1Cl. The molecule has 1 aliphatic rings.